The molecule has 70 valence electrons. The van der Waals surface area contributed by atoms with Crippen LogP contribution in [-0.4, -0.2) is 5.78 Å². The van der Waals surface area contributed by atoms with Gasteiger partial charge in [0.2, 0.25) is 0 Å². The Morgan fingerprint density at radius 3 is 2.42 bits per heavy atom. The highest BCUT2D eigenvalue weighted by atomic mass is 16.1. The van der Waals surface area contributed by atoms with Gasteiger partial charge >= 0.3 is 0 Å². The van der Waals surface area contributed by atoms with E-state index in [1.807, 2.05) is 13.8 Å². The number of carbonyl (C=O) groups excluding carboxylic acids is 1. The predicted octanol–water partition coefficient (Wildman–Crippen LogP) is 3.18. The standard InChI is InChI=1S/C9H14O.C2H6/c10-9-6-5-7-3-1-2-4-8(7)9;1-2/h7-8H,1-6H2;1-2H3/t7-,8-;/m0./s1. The molecule has 2 aliphatic carbocycles. The van der Waals surface area contributed by atoms with Gasteiger partial charge in [0.1, 0.15) is 5.78 Å². The van der Waals surface area contributed by atoms with E-state index in [0.29, 0.717) is 11.7 Å². The van der Waals surface area contributed by atoms with Crippen molar-refractivity contribution in [2.24, 2.45) is 11.8 Å². The third-order valence-corrected chi connectivity index (χ3v) is 3.08. The van der Waals surface area contributed by atoms with Crippen molar-refractivity contribution in [2.75, 3.05) is 0 Å². The van der Waals surface area contributed by atoms with Crippen molar-refractivity contribution >= 4 is 5.78 Å². The number of rotatable bonds is 0. The van der Waals surface area contributed by atoms with Crippen LogP contribution in [0.4, 0.5) is 0 Å². The van der Waals surface area contributed by atoms with Crippen LogP contribution in [0, 0.1) is 11.8 Å². The molecule has 2 fully saturated rings. The van der Waals surface area contributed by atoms with E-state index in [1.54, 1.807) is 0 Å². The van der Waals surface area contributed by atoms with Crippen molar-refractivity contribution in [3.05, 3.63) is 0 Å². The average Bonchev–Trinajstić information content (AvgIpc) is 2.53. The zero-order valence-corrected chi connectivity index (χ0v) is 8.31. The number of carbonyl (C=O) groups is 1. The molecule has 0 radical (unpaired) electrons. The minimum absolute atomic E-state index is 0.494. The van der Waals surface area contributed by atoms with Gasteiger partial charge in [-0.2, -0.15) is 0 Å². The molecule has 0 aromatic rings. The second kappa shape index (κ2) is 4.64. The lowest BCUT2D eigenvalue weighted by atomic mass is 9.81. The number of ketones is 1. The number of hydrogen-bond donors (Lipinski definition) is 0. The zero-order chi connectivity index (χ0) is 8.97. The Morgan fingerprint density at radius 2 is 1.75 bits per heavy atom. The quantitative estimate of drug-likeness (QED) is 0.543. The van der Waals surface area contributed by atoms with Crippen LogP contribution in [0.15, 0.2) is 0 Å². The Labute approximate surface area is 75.5 Å². The molecule has 0 saturated heterocycles. The van der Waals surface area contributed by atoms with E-state index in [1.165, 1.54) is 32.1 Å². The molecule has 0 bridgehead atoms. The van der Waals surface area contributed by atoms with Crippen molar-refractivity contribution in [1.82, 2.24) is 0 Å². The molecular weight excluding hydrogens is 148 g/mol. The molecule has 2 saturated carbocycles. The third kappa shape index (κ3) is 1.88. The summed E-state index contributed by atoms with van der Waals surface area (Å²) in [5.41, 5.74) is 0. The van der Waals surface area contributed by atoms with Crippen molar-refractivity contribution < 1.29 is 4.79 Å². The summed E-state index contributed by atoms with van der Waals surface area (Å²) in [6, 6.07) is 0. The molecule has 0 unspecified atom stereocenters. The van der Waals surface area contributed by atoms with Crippen LogP contribution in [-0.2, 0) is 4.79 Å². The fraction of sp³-hybridized carbons (Fsp3) is 0.909. The van der Waals surface area contributed by atoms with Gasteiger partial charge in [0.25, 0.3) is 0 Å². The maximum atomic E-state index is 11.2. The highest BCUT2D eigenvalue weighted by Crippen LogP contribution is 2.39. The molecule has 12 heavy (non-hydrogen) atoms. The van der Waals surface area contributed by atoms with E-state index in [9.17, 15) is 4.79 Å². The highest BCUT2D eigenvalue weighted by molar-refractivity contribution is 5.83. The lowest BCUT2D eigenvalue weighted by Crippen LogP contribution is -2.18. The first-order valence-electron chi connectivity index (χ1n) is 5.40. The van der Waals surface area contributed by atoms with Crippen LogP contribution in [0.5, 0.6) is 0 Å². The van der Waals surface area contributed by atoms with Gasteiger partial charge in [0, 0.05) is 12.3 Å². The van der Waals surface area contributed by atoms with Gasteiger partial charge in [-0.1, -0.05) is 26.7 Å². The summed E-state index contributed by atoms with van der Waals surface area (Å²) in [5.74, 6) is 1.85. The van der Waals surface area contributed by atoms with Crippen LogP contribution in [0.25, 0.3) is 0 Å². The molecule has 0 aromatic heterocycles. The van der Waals surface area contributed by atoms with Gasteiger partial charge in [0.05, 0.1) is 0 Å². The molecule has 2 rings (SSSR count). The fourth-order valence-electron chi connectivity index (χ4n) is 2.49. The van der Waals surface area contributed by atoms with Gasteiger partial charge in [-0.25, -0.2) is 0 Å². The highest BCUT2D eigenvalue weighted by Gasteiger charge is 2.35. The second-order valence-electron chi connectivity index (χ2n) is 3.66. The molecule has 0 aromatic carbocycles. The Balaban J connectivity index is 0.000000336. The Hall–Kier alpha value is -0.330. The molecule has 0 N–H and O–H groups in total. The molecule has 0 heterocycles. The van der Waals surface area contributed by atoms with Gasteiger partial charge in [-0.05, 0) is 25.2 Å². The Bertz CT molecular complexity index is 151. The Kier molecular flexibility index (Phi) is 3.77. The lowest BCUT2D eigenvalue weighted by Gasteiger charge is -2.22. The van der Waals surface area contributed by atoms with Crippen LogP contribution in [0.3, 0.4) is 0 Å². The van der Waals surface area contributed by atoms with Crippen LogP contribution >= 0.6 is 0 Å². The van der Waals surface area contributed by atoms with Crippen LogP contribution in [0.2, 0.25) is 0 Å². The van der Waals surface area contributed by atoms with E-state index >= 15 is 0 Å². The van der Waals surface area contributed by atoms with Gasteiger partial charge in [-0.3, -0.25) is 4.79 Å². The summed E-state index contributed by atoms with van der Waals surface area (Å²) in [4.78, 5) is 11.2. The molecular formula is C11H20O. The minimum atomic E-state index is 0.494. The van der Waals surface area contributed by atoms with Gasteiger partial charge < -0.3 is 0 Å². The zero-order valence-electron chi connectivity index (χ0n) is 8.31. The second-order valence-corrected chi connectivity index (χ2v) is 3.66. The molecule has 1 nitrogen and oxygen atoms in total. The fourth-order valence-corrected chi connectivity index (χ4v) is 2.49. The van der Waals surface area contributed by atoms with Crippen molar-refractivity contribution in [3.63, 3.8) is 0 Å². The summed E-state index contributed by atoms with van der Waals surface area (Å²) in [6.45, 7) is 4.00. The molecule has 0 amide bonds. The van der Waals surface area contributed by atoms with E-state index in [-0.39, 0.29) is 0 Å². The maximum Gasteiger partial charge on any atom is 0.136 e. The van der Waals surface area contributed by atoms with E-state index < -0.39 is 0 Å². The first-order chi connectivity index (χ1) is 5.88. The molecule has 0 spiro atoms. The van der Waals surface area contributed by atoms with Crippen molar-refractivity contribution in [3.8, 4) is 0 Å². The van der Waals surface area contributed by atoms with E-state index in [0.717, 1.165) is 12.3 Å². The maximum absolute atomic E-state index is 11.2. The monoisotopic (exact) mass is 168 g/mol. The summed E-state index contributed by atoms with van der Waals surface area (Å²) >= 11 is 0. The predicted molar refractivity (Wildman–Crippen MR) is 51.0 cm³/mol. The SMILES string of the molecule is CC.O=C1CC[C@@H]2CCCC[C@H]12. The van der Waals surface area contributed by atoms with Gasteiger partial charge in [-0.15, -0.1) is 0 Å². The van der Waals surface area contributed by atoms with Gasteiger partial charge in [0.15, 0.2) is 0 Å². The van der Waals surface area contributed by atoms with Crippen molar-refractivity contribution in [2.45, 2.75) is 52.4 Å². The summed E-state index contributed by atoms with van der Waals surface area (Å²) in [5, 5.41) is 0. The normalized spacial score (nSPS) is 33.7. The molecule has 2 aliphatic rings. The first kappa shape index (κ1) is 9.76. The smallest absolute Gasteiger partial charge is 0.136 e. The summed E-state index contributed by atoms with van der Waals surface area (Å²) in [7, 11) is 0. The van der Waals surface area contributed by atoms with Crippen molar-refractivity contribution in [1.29, 1.82) is 0 Å². The molecule has 1 heteroatoms. The topological polar surface area (TPSA) is 17.1 Å². The Morgan fingerprint density at radius 1 is 1.08 bits per heavy atom. The molecule has 2 atom stereocenters. The lowest BCUT2D eigenvalue weighted by molar-refractivity contribution is -0.121. The van der Waals surface area contributed by atoms with Crippen LogP contribution < -0.4 is 0 Å². The van der Waals surface area contributed by atoms with E-state index in [2.05, 4.69) is 0 Å². The average molecular weight is 168 g/mol. The number of Topliss-reactive ketones (excluding diaryl/α,β-unsaturated/α-hetero) is 1. The third-order valence-electron chi connectivity index (χ3n) is 3.08. The summed E-state index contributed by atoms with van der Waals surface area (Å²) < 4.78 is 0. The molecule has 0 aliphatic heterocycles. The minimum Gasteiger partial charge on any atom is -0.299 e. The largest absolute Gasteiger partial charge is 0.299 e. The first-order valence-corrected chi connectivity index (χ1v) is 5.40. The van der Waals surface area contributed by atoms with Crippen LogP contribution in [0.1, 0.15) is 52.4 Å². The van der Waals surface area contributed by atoms with E-state index in [4.69, 9.17) is 0 Å². The number of hydrogen-bond acceptors (Lipinski definition) is 1. The summed E-state index contributed by atoms with van der Waals surface area (Å²) in [6.07, 6.45) is 7.28. The number of fused-ring (bicyclic) bond motifs is 1.